The normalized spacial score (nSPS) is 17.0. The summed E-state index contributed by atoms with van der Waals surface area (Å²) in [5.74, 6) is 1.13. The number of benzene rings is 2. The molecule has 0 N–H and O–H groups in total. The van der Waals surface area contributed by atoms with Gasteiger partial charge in [-0.25, -0.2) is 0 Å². The summed E-state index contributed by atoms with van der Waals surface area (Å²) in [6.45, 7) is 2.51. The maximum Gasteiger partial charge on any atom is 0.222 e. The van der Waals surface area contributed by atoms with Crippen molar-refractivity contribution in [3.8, 4) is 0 Å². The molecule has 3 heteroatoms. The first-order chi connectivity index (χ1) is 14.3. The van der Waals surface area contributed by atoms with E-state index in [-0.39, 0.29) is 0 Å². The number of hydrogen-bond acceptors (Lipinski definition) is 1. The zero-order valence-corrected chi connectivity index (χ0v) is 17.1. The fourth-order valence-electron chi connectivity index (χ4n) is 5.35. The Morgan fingerprint density at radius 1 is 0.966 bits per heavy atom. The van der Waals surface area contributed by atoms with Crippen LogP contribution in [0.3, 0.4) is 0 Å². The van der Waals surface area contributed by atoms with Crippen molar-refractivity contribution in [2.24, 2.45) is 5.92 Å². The molecule has 2 heterocycles. The van der Waals surface area contributed by atoms with Crippen LogP contribution < -0.4 is 0 Å². The highest BCUT2D eigenvalue weighted by Gasteiger charge is 2.27. The standard InChI is InChI=1S/C26H30N2O/c29-26(15-14-20-8-4-5-9-20)27-17-16-25-23(19-27)22-12-6-7-13-24(22)28(25)18-21-10-2-1-3-11-21/h1-3,6-7,10-13,20H,4-5,8-9,14-19H2. The molecule has 1 aliphatic carbocycles. The minimum atomic E-state index is 0.349. The maximum atomic E-state index is 12.9. The maximum absolute atomic E-state index is 12.9. The Kier molecular flexibility index (Phi) is 5.13. The molecule has 0 bridgehead atoms. The number of rotatable bonds is 5. The Hall–Kier alpha value is -2.55. The van der Waals surface area contributed by atoms with Gasteiger partial charge in [0.2, 0.25) is 5.91 Å². The van der Waals surface area contributed by atoms with Crippen LogP contribution in [0.15, 0.2) is 54.6 Å². The van der Waals surface area contributed by atoms with Crippen molar-refractivity contribution in [3.05, 3.63) is 71.4 Å². The van der Waals surface area contributed by atoms with Gasteiger partial charge in [0.1, 0.15) is 0 Å². The third kappa shape index (κ3) is 3.71. The Morgan fingerprint density at radius 2 is 1.72 bits per heavy atom. The van der Waals surface area contributed by atoms with Crippen LogP contribution in [0.5, 0.6) is 0 Å². The zero-order chi connectivity index (χ0) is 19.6. The van der Waals surface area contributed by atoms with Gasteiger partial charge in [-0.2, -0.15) is 0 Å². The van der Waals surface area contributed by atoms with E-state index in [0.29, 0.717) is 5.91 Å². The van der Waals surface area contributed by atoms with Gasteiger partial charge in [-0.15, -0.1) is 0 Å². The van der Waals surface area contributed by atoms with Gasteiger partial charge in [-0.1, -0.05) is 74.2 Å². The van der Waals surface area contributed by atoms with Crippen molar-refractivity contribution in [1.82, 2.24) is 9.47 Å². The largest absolute Gasteiger partial charge is 0.340 e. The SMILES string of the molecule is O=C(CCC1CCCC1)N1CCc2c(c3ccccc3n2Cc2ccccc2)C1. The molecular weight excluding hydrogens is 356 g/mol. The number of carbonyl (C=O) groups excluding carboxylic acids is 1. The van der Waals surface area contributed by atoms with E-state index in [0.717, 1.165) is 44.8 Å². The monoisotopic (exact) mass is 386 g/mol. The van der Waals surface area contributed by atoms with Crippen molar-refractivity contribution in [1.29, 1.82) is 0 Å². The molecule has 0 radical (unpaired) electrons. The van der Waals surface area contributed by atoms with Crippen LogP contribution >= 0.6 is 0 Å². The second-order valence-corrected chi connectivity index (χ2v) is 8.77. The number of hydrogen-bond donors (Lipinski definition) is 0. The van der Waals surface area contributed by atoms with Gasteiger partial charge in [0.15, 0.2) is 0 Å². The molecule has 1 saturated carbocycles. The van der Waals surface area contributed by atoms with Crippen molar-refractivity contribution in [2.45, 2.75) is 58.0 Å². The first-order valence-electron chi connectivity index (χ1n) is 11.2. The molecule has 3 aromatic rings. The minimum absolute atomic E-state index is 0.349. The second-order valence-electron chi connectivity index (χ2n) is 8.77. The molecule has 5 rings (SSSR count). The summed E-state index contributed by atoms with van der Waals surface area (Å²) >= 11 is 0. The molecule has 1 aromatic heterocycles. The van der Waals surface area contributed by atoms with Crippen LogP contribution in [0, 0.1) is 5.92 Å². The topological polar surface area (TPSA) is 25.2 Å². The molecule has 0 saturated heterocycles. The Morgan fingerprint density at radius 3 is 2.55 bits per heavy atom. The zero-order valence-electron chi connectivity index (χ0n) is 17.1. The summed E-state index contributed by atoms with van der Waals surface area (Å²) in [5, 5.41) is 1.31. The van der Waals surface area contributed by atoms with E-state index in [9.17, 15) is 4.79 Å². The summed E-state index contributed by atoms with van der Waals surface area (Å²) in [5.41, 5.74) is 5.39. The molecule has 1 amide bonds. The Balaban J connectivity index is 1.39. The molecule has 1 aliphatic heterocycles. The predicted octanol–water partition coefficient (Wildman–Crippen LogP) is 5.54. The molecule has 2 aliphatic rings. The molecule has 29 heavy (non-hydrogen) atoms. The van der Waals surface area contributed by atoms with E-state index in [1.807, 2.05) is 0 Å². The number of aromatic nitrogens is 1. The van der Waals surface area contributed by atoms with E-state index < -0.39 is 0 Å². The van der Waals surface area contributed by atoms with E-state index in [1.54, 1.807) is 0 Å². The lowest BCUT2D eigenvalue weighted by molar-refractivity contribution is -0.132. The number of para-hydroxylation sites is 1. The van der Waals surface area contributed by atoms with Gasteiger partial charge in [0, 0.05) is 54.6 Å². The third-order valence-corrected chi connectivity index (χ3v) is 6.94. The van der Waals surface area contributed by atoms with Gasteiger partial charge in [-0.05, 0) is 24.0 Å². The minimum Gasteiger partial charge on any atom is -0.340 e. The number of nitrogens with zero attached hydrogens (tertiary/aromatic N) is 2. The van der Waals surface area contributed by atoms with Crippen molar-refractivity contribution in [2.75, 3.05) is 6.54 Å². The molecular formula is C26H30N2O. The summed E-state index contributed by atoms with van der Waals surface area (Å²) in [6.07, 6.45) is 8.11. The molecule has 2 aromatic carbocycles. The van der Waals surface area contributed by atoms with Gasteiger partial charge in [0.05, 0.1) is 0 Å². The highest BCUT2D eigenvalue weighted by atomic mass is 16.2. The average Bonchev–Trinajstić information content (AvgIpc) is 3.40. The fraction of sp³-hybridized carbons (Fsp3) is 0.423. The second kappa shape index (κ2) is 8.06. The number of amides is 1. The molecule has 150 valence electrons. The number of fused-ring (bicyclic) bond motifs is 3. The summed E-state index contributed by atoms with van der Waals surface area (Å²) in [6, 6.07) is 19.4. The lowest BCUT2D eigenvalue weighted by Gasteiger charge is -2.29. The molecule has 0 unspecified atom stereocenters. The smallest absolute Gasteiger partial charge is 0.222 e. The van der Waals surface area contributed by atoms with Crippen LogP contribution in [0.4, 0.5) is 0 Å². The fourth-order valence-corrected chi connectivity index (χ4v) is 5.35. The lowest BCUT2D eigenvalue weighted by Crippen LogP contribution is -2.36. The van der Waals surface area contributed by atoms with E-state index in [2.05, 4.69) is 64.1 Å². The van der Waals surface area contributed by atoms with Crippen LogP contribution in [0.1, 0.15) is 55.3 Å². The average molecular weight is 387 g/mol. The van der Waals surface area contributed by atoms with E-state index in [1.165, 1.54) is 53.4 Å². The Labute approximate surface area is 173 Å². The molecule has 0 atom stereocenters. The highest BCUT2D eigenvalue weighted by Crippen LogP contribution is 2.33. The third-order valence-electron chi connectivity index (χ3n) is 6.94. The first kappa shape index (κ1) is 18.5. The van der Waals surface area contributed by atoms with Crippen molar-refractivity contribution in [3.63, 3.8) is 0 Å². The molecule has 0 spiro atoms. The lowest BCUT2D eigenvalue weighted by atomic mass is 10.00. The summed E-state index contributed by atoms with van der Waals surface area (Å²) in [4.78, 5) is 15.0. The first-order valence-corrected chi connectivity index (χ1v) is 11.2. The predicted molar refractivity (Wildman–Crippen MR) is 118 cm³/mol. The Bertz CT molecular complexity index is 998. The van der Waals surface area contributed by atoms with E-state index in [4.69, 9.17) is 0 Å². The molecule has 3 nitrogen and oxygen atoms in total. The van der Waals surface area contributed by atoms with Gasteiger partial charge >= 0.3 is 0 Å². The van der Waals surface area contributed by atoms with Crippen LogP contribution in [0.2, 0.25) is 0 Å². The summed E-state index contributed by atoms with van der Waals surface area (Å²) < 4.78 is 2.47. The van der Waals surface area contributed by atoms with Crippen LogP contribution in [0.25, 0.3) is 10.9 Å². The number of carbonyl (C=O) groups is 1. The van der Waals surface area contributed by atoms with Crippen molar-refractivity contribution >= 4 is 16.8 Å². The van der Waals surface area contributed by atoms with Gasteiger partial charge < -0.3 is 9.47 Å². The highest BCUT2D eigenvalue weighted by molar-refractivity contribution is 5.87. The molecule has 1 fully saturated rings. The summed E-state index contributed by atoms with van der Waals surface area (Å²) in [7, 11) is 0. The quantitative estimate of drug-likeness (QED) is 0.565. The van der Waals surface area contributed by atoms with E-state index >= 15 is 0 Å². The van der Waals surface area contributed by atoms with Gasteiger partial charge in [-0.3, -0.25) is 4.79 Å². The van der Waals surface area contributed by atoms with Crippen LogP contribution in [-0.2, 0) is 24.3 Å². The van der Waals surface area contributed by atoms with Crippen molar-refractivity contribution < 1.29 is 4.79 Å². The van der Waals surface area contributed by atoms with Crippen LogP contribution in [-0.4, -0.2) is 21.9 Å². The van der Waals surface area contributed by atoms with Gasteiger partial charge in [0.25, 0.3) is 0 Å².